The maximum absolute atomic E-state index is 12.2. The molecule has 3 rings (SSSR count). The first kappa shape index (κ1) is 15.5. The molecule has 2 aliphatic rings. The van der Waals surface area contributed by atoms with Gasteiger partial charge in [0.1, 0.15) is 0 Å². The highest BCUT2D eigenvalue weighted by Gasteiger charge is 2.43. The Morgan fingerprint density at radius 3 is 2.59 bits per heavy atom. The number of carbonyl (C=O) groups is 1. The molecule has 4 heteroatoms. The number of likely N-dealkylation sites (N-methyl/N-ethyl adjacent to an activating group) is 1. The van der Waals surface area contributed by atoms with Crippen LogP contribution in [-0.2, 0) is 11.3 Å². The molecule has 0 bridgehead atoms. The fourth-order valence-corrected chi connectivity index (χ4v) is 3.61. The number of carbonyl (C=O) groups excluding carboxylic acids is 1. The topological polar surface area (TPSA) is 35.6 Å². The number of amides is 1. The lowest BCUT2D eigenvalue weighted by Gasteiger charge is -2.24. The Morgan fingerprint density at radius 1 is 1.23 bits per heavy atom. The van der Waals surface area contributed by atoms with E-state index < -0.39 is 0 Å². The van der Waals surface area contributed by atoms with Crippen LogP contribution in [0, 0.1) is 11.8 Å². The van der Waals surface area contributed by atoms with Gasteiger partial charge in [-0.15, -0.1) is 0 Å². The predicted octanol–water partition coefficient (Wildman–Crippen LogP) is 1.57. The number of rotatable bonds is 6. The SMILES string of the molecule is CN(C)[C@@H]1CN(CC(=O)NCc2ccccc2)C[C@H]1C1CC1. The van der Waals surface area contributed by atoms with Gasteiger partial charge in [0.05, 0.1) is 6.54 Å². The molecule has 1 aromatic rings. The number of hydrogen-bond acceptors (Lipinski definition) is 3. The summed E-state index contributed by atoms with van der Waals surface area (Å²) in [5, 5.41) is 3.04. The Kier molecular flexibility index (Phi) is 4.79. The van der Waals surface area contributed by atoms with Crippen molar-refractivity contribution in [2.75, 3.05) is 33.7 Å². The van der Waals surface area contributed by atoms with Gasteiger partial charge in [-0.2, -0.15) is 0 Å². The van der Waals surface area contributed by atoms with E-state index in [4.69, 9.17) is 0 Å². The molecule has 0 aromatic heterocycles. The smallest absolute Gasteiger partial charge is 0.234 e. The van der Waals surface area contributed by atoms with Gasteiger partial charge in [0, 0.05) is 25.7 Å². The van der Waals surface area contributed by atoms with Gasteiger partial charge in [-0.25, -0.2) is 0 Å². The second-order valence-corrected chi connectivity index (χ2v) is 6.99. The molecule has 0 spiro atoms. The van der Waals surface area contributed by atoms with E-state index in [-0.39, 0.29) is 5.91 Å². The highest BCUT2D eigenvalue weighted by molar-refractivity contribution is 5.78. The van der Waals surface area contributed by atoms with Gasteiger partial charge in [-0.05, 0) is 44.3 Å². The summed E-state index contributed by atoms with van der Waals surface area (Å²) < 4.78 is 0. The van der Waals surface area contributed by atoms with E-state index in [9.17, 15) is 4.79 Å². The van der Waals surface area contributed by atoms with Crippen molar-refractivity contribution in [2.24, 2.45) is 11.8 Å². The van der Waals surface area contributed by atoms with Crippen LogP contribution in [0.2, 0.25) is 0 Å². The molecular formula is C18H27N3O. The van der Waals surface area contributed by atoms with Crippen LogP contribution in [0.15, 0.2) is 30.3 Å². The second kappa shape index (κ2) is 6.80. The van der Waals surface area contributed by atoms with Gasteiger partial charge in [-0.1, -0.05) is 30.3 Å². The van der Waals surface area contributed by atoms with Crippen LogP contribution in [0.3, 0.4) is 0 Å². The molecule has 1 saturated carbocycles. The Balaban J connectivity index is 1.47. The summed E-state index contributed by atoms with van der Waals surface area (Å²) in [4.78, 5) is 16.8. The molecule has 0 unspecified atom stereocenters. The minimum atomic E-state index is 0.137. The molecule has 2 fully saturated rings. The summed E-state index contributed by atoms with van der Waals surface area (Å²) in [6.07, 6.45) is 2.76. The first-order valence-corrected chi connectivity index (χ1v) is 8.33. The third-order valence-electron chi connectivity index (χ3n) is 5.00. The molecule has 120 valence electrons. The molecule has 1 amide bonds. The summed E-state index contributed by atoms with van der Waals surface area (Å²) in [6, 6.07) is 10.7. The van der Waals surface area contributed by atoms with E-state index in [1.165, 1.54) is 12.8 Å². The first-order chi connectivity index (χ1) is 10.6. The minimum absolute atomic E-state index is 0.137. The van der Waals surface area contributed by atoms with Gasteiger partial charge >= 0.3 is 0 Å². The third-order valence-corrected chi connectivity index (χ3v) is 5.00. The monoisotopic (exact) mass is 301 g/mol. The molecule has 1 aliphatic carbocycles. The average Bonchev–Trinajstić information content (AvgIpc) is 3.27. The van der Waals surface area contributed by atoms with Gasteiger partial charge in [0.25, 0.3) is 0 Å². The van der Waals surface area contributed by atoms with Crippen molar-refractivity contribution < 1.29 is 4.79 Å². The molecule has 1 aromatic carbocycles. The number of likely N-dealkylation sites (tertiary alicyclic amines) is 1. The van der Waals surface area contributed by atoms with Crippen LogP contribution in [0.5, 0.6) is 0 Å². The maximum atomic E-state index is 12.2. The Bertz CT molecular complexity index is 488. The zero-order chi connectivity index (χ0) is 15.5. The van der Waals surface area contributed by atoms with Crippen molar-refractivity contribution in [2.45, 2.75) is 25.4 Å². The lowest BCUT2D eigenvalue weighted by Crippen LogP contribution is -2.38. The highest BCUT2D eigenvalue weighted by Crippen LogP contribution is 2.42. The molecule has 1 aliphatic heterocycles. The quantitative estimate of drug-likeness (QED) is 0.866. The van der Waals surface area contributed by atoms with E-state index in [2.05, 4.69) is 29.2 Å². The summed E-state index contributed by atoms with van der Waals surface area (Å²) in [5.74, 6) is 1.78. The van der Waals surface area contributed by atoms with E-state index in [1.54, 1.807) is 0 Å². The molecular weight excluding hydrogens is 274 g/mol. The summed E-state index contributed by atoms with van der Waals surface area (Å²) in [5.41, 5.74) is 1.15. The molecule has 1 N–H and O–H groups in total. The van der Waals surface area contributed by atoms with E-state index in [0.29, 0.717) is 19.1 Å². The molecule has 4 nitrogen and oxygen atoms in total. The summed E-state index contributed by atoms with van der Waals surface area (Å²) >= 11 is 0. The van der Waals surface area contributed by atoms with Crippen LogP contribution >= 0.6 is 0 Å². The fraction of sp³-hybridized carbons (Fsp3) is 0.611. The van der Waals surface area contributed by atoms with Crippen LogP contribution < -0.4 is 5.32 Å². The van der Waals surface area contributed by atoms with Crippen LogP contribution in [0.25, 0.3) is 0 Å². The zero-order valence-corrected chi connectivity index (χ0v) is 13.7. The minimum Gasteiger partial charge on any atom is -0.351 e. The number of nitrogens with one attached hydrogen (secondary N) is 1. The number of hydrogen-bond donors (Lipinski definition) is 1. The molecule has 2 atom stereocenters. The van der Waals surface area contributed by atoms with Crippen molar-refractivity contribution in [3.05, 3.63) is 35.9 Å². The Morgan fingerprint density at radius 2 is 1.95 bits per heavy atom. The Labute approximate surface area is 133 Å². The number of benzene rings is 1. The standard InChI is InChI=1S/C18H27N3O/c1-20(2)17-12-21(11-16(17)15-8-9-15)13-18(22)19-10-14-6-4-3-5-7-14/h3-7,15-17H,8-13H2,1-2H3,(H,19,22)/t16-,17+/m0/s1. The lowest BCUT2D eigenvalue weighted by atomic mass is 9.97. The largest absolute Gasteiger partial charge is 0.351 e. The van der Waals surface area contributed by atoms with Crippen LogP contribution in [0.1, 0.15) is 18.4 Å². The highest BCUT2D eigenvalue weighted by atomic mass is 16.2. The zero-order valence-electron chi connectivity index (χ0n) is 13.7. The summed E-state index contributed by atoms with van der Waals surface area (Å²) in [7, 11) is 4.33. The van der Waals surface area contributed by atoms with Crippen LogP contribution in [-0.4, -0.2) is 55.5 Å². The summed E-state index contributed by atoms with van der Waals surface area (Å²) in [6.45, 7) is 3.25. The fourth-order valence-electron chi connectivity index (χ4n) is 3.61. The third kappa shape index (κ3) is 3.87. The first-order valence-electron chi connectivity index (χ1n) is 8.33. The van der Waals surface area contributed by atoms with E-state index >= 15 is 0 Å². The maximum Gasteiger partial charge on any atom is 0.234 e. The second-order valence-electron chi connectivity index (χ2n) is 6.99. The van der Waals surface area contributed by atoms with Gasteiger partial charge < -0.3 is 10.2 Å². The van der Waals surface area contributed by atoms with Crippen molar-refractivity contribution in [3.8, 4) is 0 Å². The molecule has 1 saturated heterocycles. The van der Waals surface area contributed by atoms with Crippen LogP contribution in [0.4, 0.5) is 0 Å². The Hall–Kier alpha value is -1.39. The number of nitrogens with zero attached hydrogens (tertiary/aromatic N) is 2. The van der Waals surface area contributed by atoms with Crippen molar-refractivity contribution in [1.82, 2.24) is 15.1 Å². The molecule has 1 heterocycles. The normalized spacial score (nSPS) is 25.6. The van der Waals surface area contributed by atoms with Gasteiger partial charge in [0.2, 0.25) is 5.91 Å². The van der Waals surface area contributed by atoms with E-state index in [0.717, 1.165) is 30.5 Å². The predicted molar refractivity (Wildman–Crippen MR) is 88.4 cm³/mol. The lowest BCUT2D eigenvalue weighted by molar-refractivity contribution is -0.122. The molecule has 0 radical (unpaired) electrons. The molecule has 22 heavy (non-hydrogen) atoms. The average molecular weight is 301 g/mol. The van der Waals surface area contributed by atoms with Crippen molar-refractivity contribution >= 4 is 5.91 Å². The van der Waals surface area contributed by atoms with Gasteiger partial charge in [-0.3, -0.25) is 9.69 Å². The van der Waals surface area contributed by atoms with Gasteiger partial charge in [0.15, 0.2) is 0 Å². The van der Waals surface area contributed by atoms with E-state index in [1.807, 2.05) is 30.3 Å². The van der Waals surface area contributed by atoms with Crippen molar-refractivity contribution in [1.29, 1.82) is 0 Å². The van der Waals surface area contributed by atoms with Crippen molar-refractivity contribution in [3.63, 3.8) is 0 Å².